The summed E-state index contributed by atoms with van der Waals surface area (Å²) in [5.74, 6) is -3.91. The number of benzene rings is 3. The van der Waals surface area contributed by atoms with Gasteiger partial charge in [-0.2, -0.15) is 13.8 Å². The van der Waals surface area contributed by atoms with E-state index in [2.05, 4.69) is 20.9 Å². The number of anilines is 1. The molecule has 0 bridgehead atoms. The predicted octanol–water partition coefficient (Wildman–Crippen LogP) is 6.93. The van der Waals surface area contributed by atoms with E-state index in [0.717, 1.165) is 23.4 Å². The lowest BCUT2D eigenvalue weighted by Crippen LogP contribution is -2.42. The van der Waals surface area contributed by atoms with Crippen LogP contribution >= 0.6 is 23.7 Å². The van der Waals surface area contributed by atoms with Crippen molar-refractivity contribution in [2.75, 3.05) is 30.8 Å². The Bertz CT molecular complexity index is 1940. The lowest BCUT2D eigenvalue weighted by atomic mass is 10.1. The second-order valence-corrected chi connectivity index (χ2v) is 14.5. The number of hydrogen-bond acceptors (Lipinski definition) is 11. The molecule has 3 aromatic carbocycles. The van der Waals surface area contributed by atoms with Crippen molar-refractivity contribution in [1.82, 2.24) is 14.2 Å². The van der Waals surface area contributed by atoms with Crippen LogP contribution in [-0.4, -0.2) is 67.4 Å². The van der Waals surface area contributed by atoms with E-state index in [0.29, 0.717) is 34.1 Å². The molecule has 0 aliphatic carbocycles. The van der Waals surface area contributed by atoms with Crippen molar-refractivity contribution in [1.29, 1.82) is 0 Å². The van der Waals surface area contributed by atoms with Crippen molar-refractivity contribution < 1.29 is 41.9 Å². The third-order valence-corrected chi connectivity index (χ3v) is 10.9. The third-order valence-electron chi connectivity index (χ3n) is 8.20. The molecule has 4 atom stereocenters. The van der Waals surface area contributed by atoms with Gasteiger partial charge in [0.05, 0.1) is 18.1 Å². The molecule has 2 heterocycles. The maximum absolute atomic E-state index is 15.2. The number of alkyl halides is 3. The maximum Gasteiger partial charge on any atom is 0.408 e. The molecule has 4 unspecified atom stereocenters. The molecule has 1 fully saturated rings. The van der Waals surface area contributed by atoms with Gasteiger partial charge >= 0.3 is 25.0 Å². The summed E-state index contributed by atoms with van der Waals surface area (Å²) in [7, 11) is -4.30. The number of aliphatic hydroxyl groups is 1. The summed E-state index contributed by atoms with van der Waals surface area (Å²) < 4.78 is 69.6. The van der Waals surface area contributed by atoms with Crippen LogP contribution in [0.4, 0.5) is 20.3 Å². The molecule has 0 amide bonds. The summed E-state index contributed by atoms with van der Waals surface area (Å²) >= 11 is 3.36. The van der Waals surface area contributed by atoms with Gasteiger partial charge in [-0.25, -0.2) is 14.0 Å². The molecule has 14 nitrogen and oxygen atoms in total. The summed E-state index contributed by atoms with van der Waals surface area (Å²) in [6.45, 7) is 0.940. The number of hydrogen-bond donors (Lipinski definition) is 2. The third kappa shape index (κ3) is 9.09. The summed E-state index contributed by atoms with van der Waals surface area (Å²) in [5, 5.41) is 23.1. The highest BCUT2D eigenvalue weighted by Gasteiger charge is 2.60. The van der Waals surface area contributed by atoms with Crippen LogP contribution < -0.4 is 16.2 Å². The van der Waals surface area contributed by atoms with Crippen molar-refractivity contribution in [2.45, 2.75) is 50.7 Å². The zero-order valence-corrected chi connectivity index (χ0v) is 30.4. The van der Waals surface area contributed by atoms with E-state index in [4.69, 9.17) is 24.3 Å². The number of halogens is 3. The van der Waals surface area contributed by atoms with Crippen molar-refractivity contribution in [3.8, 4) is 22.6 Å². The zero-order chi connectivity index (χ0) is 37.5. The first-order chi connectivity index (χ1) is 24.9. The number of ether oxygens (including phenoxy) is 2. The molecule has 0 saturated carbocycles. The van der Waals surface area contributed by atoms with Crippen LogP contribution in [0.1, 0.15) is 31.6 Å². The van der Waals surface area contributed by atoms with Crippen LogP contribution in [-0.2, 0) is 25.0 Å². The van der Waals surface area contributed by atoms with Gasteiger partial charge in [-0.05, 0) is 59.9 Å². The van der Waals surface area contributed by atoms with Gasteiger partial charge in [0.25, 0.3) is 0 Å². The number of unbranched alkanes of at least 4 members (excludes halogenated alkanes) is 1. The van der Waals surface area contributed by atoms with Crippen molar-refractivity contribution >= 4 is 35.2 Å². The Labute approximate surface area is 306 Å². The van der Waals surface area contributed by atoms with Crippen LogP contribution in [0.2, 0.25) is 0 Å². The Morgan fingerprint density at radius 1 is 1.10 bits per heavy atom. The lowest BCUT2D eigenvalue weighted by Gasteiger charge is -2.30. The Morgan fingerprint density at radius 3 is 2.46 bits per heavy atom. The number of nitro benzene ring substituents is 1. The van der Waals surface area contributed by atoms with Gasteiger partial charge in [0, 0.05) is 30.7 Å². The number of aliphatic hydroxyl groups excluding tert-OH is 1. The SMILES string of the molecule is CCN(CCCCBr)P(=O)(OCc1ccc([N+](=O)[O-])c(Oc2ccc(-c3ccccc3)cc2)c1)OCC1OC(n2ccc(N)nc2=O)C(F)(F)C1O. The van der Waals surface area contributed by atoms with E-state index >= 15 is 8.78 Å². The molecule has 52 heavy (non-hydrogen) atoms. The molecule has 3 N–H and O–H groups in total. The first kappa shape index (κ1) is 39.1. The van der Waals surface area contributed by atoms with Gasteiger partial charge in [-0.15, -0.1) is 0 Å². The Morgan fingerprint density at radius 2 is 1.81 bits per heavy atom. The number of rotatable bonds is 17. The summed E-state index contributed by atoms with van der Waals surface area (Å²) in [5.41, 5.74) is 6.27. The molecule has 278 valence electrons. The van der Waals surface area contributed by atoms with E-state index in [1.165, 1.54) is 22.9 Å². The number of nitrogens with zero attached hydrogens (tertiary/aromatic N) is 4. The Hall–Kier alpha value is -4.09. The average molecular weight is 809 g/mol. The zero-order valence-electron chi connectivity index (χ0n) is 27.9. The quantitative estimate of drug-likeness (QED) is 0.0370. The van der Waals surface area contributed by atoms with Gasteiger partial charge in [0.2, 0.25) is 12.0 Å². The van der Waals surface area contributed by atoms with Crippen molar-refractivity contribution in [2.24, 2.45) is 0 Å². The maximum atomic E-state index is 15.2. The number of nitrogen functional groups attached to an aromatic ring is 1. The number of aromatic nitrogens is 2. The minimum absolute atomic E-state index is 0.0952. The topological polar surface area (TPSA) is 182 Å². The van der Waals surface area contributed by atoms with Gasteiger partial charge in [-0.3, -0.25) is 23.7 Å². The van der Waals surface area contributed by atoms with E-state index in [1.807, 2.05) is 42.5 Å². The molecule has 0 spiro atoms. The molecular formula is C34H37BrF2N5O9P. The second-order valence-electron chi connectivity index (χ2n) is 11.7. The molecule has 1 aromatic heterocycles. The minimum Gasteiger partial charge on any atom is -0.450 e. The highest BCUT2D eigenvalue weighted by molar-refractivity contribution is 9.09. The minimum atomic E-state index is -4.30. The smallest absolute Gasteiger partial charge is 0.408 e. The van der Waals surface area contributed by atoms with Crippen LogP contribution in [0, 0.1) is 10.1 Å². The molecule has 18 heteroatoms. The van der Waals surface area contributed by atoms with E-state index < -0.39 is 49.3 Å². The van der Waals surface area contributed by atoms with Crippen LogP contribution in [0.5, 0.6) is 11.5 Å². The molecule has 4 aromatic rings. The van der Waals surface area contributed by atoms with Gasteiger partial charge in [0.15, 0.2) is 6.10 Å². The monoisotopic (exact) mass is 807 g/mol. The summed E-state index contributed by atoms with van der Waals surface area (Å²) in [6, 6.07) is 21.8. The van der Waals surface area contributed by atoms with Crippen LogP contribution in [0.15, 0.2) is 89.9 Å². The molecule has 1 aliphatic rings. The molecule has 5 rings (SSSR count). The molecule has 0 radical (unpaired) electrons. The van der Waals surface area contributed by atoms with E-state index in [9.17, 15) is 24.6 Å². The second kappa shape index (κ2) is 17.2. The number of nitrogens with two attached hydrogens (primary N) is 1. The Kier molecular flexibility index (Phi) is 12.9. The van der Waals surface area contributed by atoms with Gasteiger partial charge in [-0.1, -0.05) is 65.3 Å². The van der Waals surface area contributed by atoms with Crippen LogP contribution in [0.3, 0.4) is 0 Å². The van der Waals surface area contributed by atoms with Crippen LogP contribution in [0.25, 0.3) is 11.1 Å². The highest BCUT2D eigenvalue weighted by atomic mass is 79.9. The molecule has 1 aliphatic heterocycles. The average Bonchev–Trinajstić information content (AvgIpc) is 3.35. The fourth-order valence-electron chi connectivity index (χ4n) is 5.43. The largest absolute Gasteiger partial charge is 0.450 e. The highest BCUT2D eigenvalue weighted by Crippen LogP contribution is 2.54. The van der Waals surface area contributed by atoms with Crippen molar-refractivity contribution in [3.63, 3.8) is 0 Å². The fraction of sp³-hybridized carbons (Fsp3) is 0.353. The molecular weight excluding hydrogens is 771 g/mol. The summed E-state index contributed by atoms with van der Waals surface area (Å²) in [4.78, 5) is 27.0. The number of nitro groups is 1. The standard InChI is InChI=1S/C34H37BrF2N5O9P/c1-2-40(18-7-6-17-35)52(47,49-22-29-31(43)34(36,37)32(51-29)41-19-16-30(38)39-33(41)44)48-21-23-10-15-27(42(45)46)28(20-23)50-26-13-11-25(12-14-26)24-8-4-3-5-9-24/h3-5,8-16,19-20,29,31-32,43H,2,6-7,17-18,21-22H2,1H3,(H2,38,39,44). The van der Waals surface area contributed by atoms with E-state index in [-0.39, 0.29) is 37.0 Å². The van der Waals surface area contributed by atoms with Gasteiger partial charge < -0.3 is 20.3 Å². The normalized spacial score (nSPS) is 19.4. The fourth-order valence-corrected chi connectivity index (χ4v) is 7.61. The van der Waals surface area contributed by atoms with Crippen molar-refractivity contribution in [3.05, 3.63) is 111 Å². The lowest BCUT2D eigenvalue weighted by molar-refractivity contribution is -0.385. The van der Waals surface area contributed by atoms with E-state index in [1.54, 1.807) is 19.1 Å². The summed E-state index contributed by atoms with van der Waals surface area (Å²) in [6.07, 6.45) is -4.16. The van der Waals surface area contributed by atoms with Gasteiger partial charge in [0.1, 0.15) is 17.7 Å². The predicted molar refractivity (Wildman–Crippen MR) is 191 cm³/mol. The first-order valence-corrected chi connectivity index (χ1v) is 18.8. The molecule has 1 saturated heterocycles. The first-order valence-electron chi connectivity index (χ1n) is 16.2. The Balaban J connectivity index is 1.35.